The van der Waals surface area contributed by atoms with Gasteiger partial charge in [0.05, 0.1) is 24.4 Å². The van der Waals surface area contributed by atoms with Crippen LogP contribution >= 0.6 is 11.3 Å². The Morgan fingerprint density at radius 2 is 2.00 bits per heavy atom. The second-order valence-corrected chi connectivity index (χ2v) is 6.76. The van der Waals surface area contributed by atoms with Crippen LogP contribution in [0.3, 0.4) is 0 Å². The van der Waals surface area contributed by atoms with Crippen LogP contribution in [-0.4, -0.2) is 47.6 Å². The summed E-state index contributed by atoms with van der Waals surface area (Å²) in [5.41, 5.74) is 1.94. The number of hydrogen-bond donors (Lipinski definition) is 1. The number of aromatic nitrogens is 1. The summed E-state index contributed by atoms with van der Waals surface area (Å²) in [4.78, 5) is 18.8. The molecule has 0 saturated carbocycles. The monoisotopic (exact) mass is 331 g/mol. The Kier molecular flexibility index (Phi) is 5.05. The minimum atomic E-state index is -0.0275. The molecule has 1 aromatic heterocycles. The lowest BCUT2D eigenvalue weighted by Gasteiger charge is -2.34. The van der Waals surface area contributed by atoms with Gasteiger partial charge in [-0.05, 0) is 13.8 Å². The topological polar surface area (TPSA) is 54.5 Å². The van der Waals surface area contributed by atoms with E-state index in [9.17, 15) is 4.79 Å². The number of benzene rings is 1. The van der Waals surface area contributed by atoms with Gasteiger partial charge in [-0.3, -0.25) is 9.69 Å². The van der Waals surface area contributed by atoms with E-state index in [-0.39, 0.29) is 18.1 Å². The SMILES string of the molecule is C[C@H]1CN(CC(=O)Nc2nc(-c3ccccc3)cs2)C[C@H](C)O1. The van der Waals surface area contributed by atoms with E-state index in [0.29, 0.717) is 11.7 Å². The zero-order valence-corrected chi connectivity index (χ0v) is 14.2. The van der Waals surface area contributed by atoms with Crippen molar-refractivity contribution in [2.45, 2.75) is 26.1 Å². The molecule has 2 aromatic rings. The predicted octanol–water partition coefficient (Wildman–Crippen LogP) is 2.86. The number of carbonyl (C=O) groups excluding carboxylic acids is 1. The summed E-state index contributed by atoms with van der Waals surface area (Å²) in [7, 11) is 0. The molecule has 0 unspecified atom stereocenters. The molecule has 2 atom stereocenters. The van der Waals surface area contributed by atoms with Gasteiger partial charge in [0, 0.05) is 24.0 Å². The molecule has 5 nitrogen and oxygen atoms in total. The lowest BCUT2D eigenvalue weighted by molar-refractivity contribution is -0.121. The summed E-state index contributed by atoms with van der Waals surface area (Å²) in [5.74, 6) is -0.0275. The van der Waals surface area contributed by atoms with Crippen molar-refractivity contribution in [2.24, 2.45) is 0 Å². The highest BCUT2D eigenvalue weighted by molar-refractivity contribution is 7.14. The Bertz CT molecular complexity index is 649. The van der Waals surface area contributed by atoms with Crippen molar-refractivity contribution in [3.8, 4) is 11.3 Å². The van der Waals surface area contributed by atoms with Crippen LogP contribution in [0.2, 0.25) is 0 Å². The van der Waals surface area contributed by atoms with Gasteiger partial charge in [0.2, 0.25) is 5.91 Å². The molecule has 0 aliphatic carbocycles. The molecule has 1 aromatic carbocycles. The van der Waals surface area contributed by atoms with Crippen LogP contribution in [-0.2, 0) is 9.53 Å². The van der Waals surface area contributed by atoms with Gasteiger partial charge in [0.1, 0.15) is 0 Å². The molecular weight excluding hydrogens is 310 g/mol. The Morgan fingerprint density at radius 1 is 1.30 bits per heavy atom. The van der Waals surface area contributed by atoms with Crippen LogP contribution < -0.4 is 5.32 Å². The third kappa shape index (κ3) is 4.37. The third-order valence-corrected chi connectivity index (χ3v) is 4.44. The highest BCUT2D eigenvalue weighted by Crippen LogP contribution is 2.24. The fourth-order valence-electron chi connectivity index (χ4n) is 2.85. The molecule has 2 heterocycles. The second-order valence-electron chi connectivity index (χ2n) is 5.90. The number of anilines is 1. The largest absolute Gasteiger partial charge is 0.373 e. The number of nitrogens with zero attached hydrogens (tertiary/aromatic N) is 2. The molecule has 1 aliphatic heterocycles. The average molecular weight is 331 g/mol. The normalized spacial score (nSPS) is 22.0. The smallest absolute Gasteiger partial charge is 0.240 e. The van der Waals surface area contributed by atoms with E-state index in [1.165, 1.54) is 11.3 Å². The first-order valence-electron chi connectivity index (χ1n) is 7.79. The highest BCUT2D eigenvalue weighted by atomic mass is 32.1. The van der Waals surface area contributed by atoms with Crippen molar-refractivity contribution in [3.05, 3.63) is 35.7 Å². The number of thiazole rings is 1. The number of nitrogens with one attached hydrogen (secondary N) is 1. The van der Waals surface area contributed by atoms with Gasteiger partial charge >= 0.3 is 0 Å². The molecular formula is C17H21N3O2S. The van der Waals surface area contributed by atoms with E-state index in [1.807, 2.05) is 49.6 Å². The molecule has 1 aliphatic rings. The van der Waals surface area contributed by atoms with Crippen molar-refractivity contribution >= 4 is 22.4 Å². The molecule has 23 heavy (non-hydrogen) atoms. The second kappa shape index (κ2) is 7.21. The molecule has 122 valence electrons. The van der Waals surface area contributed by atoms with Crippen molar-refractivity contribution in [1.82, 2.24) is 9.88 Å². The highest BCUT2D eigenvalue weighted by Gasteiger charge is 2.23. The van der Waals surface area contributed by atoms with Crippen LogP contribution in [0, 0.1) is 0 Å². The molecule has 0 bridgehead atoms. The fourth-order valence-corrected chi connectivity index (χ4v) is 3.58. The van der Waals surface area contributed by atoms with E-state index >= 15 is 0 Å². The van der Waals surface area contributed by atoms with E-state index in [1.54, 1.807) is 0 Å². The number of rotatable bonds is 4. The molecule has 1 fully saturated rings. The summed E-state index contributed by atoms with van der Waals surface area (Å²) in [5, 5.41) is 5.50. The summed E-state index contributed by atoms with van der Waals surface area (Å²) in [6.45, 7) is 6.01. The average Bonchev–Trinajstić information content (AvgIpc) is 2.95. The maximum absolute atomic E-state index is 12.2. The number of hydrogen-bond acceptors (Lipinski definition) is 5. The zero-order valence-electron chi connectivity index (χ0n) is 13.4. The van der Waals surface area contributed by atoms with Gasteiger partial charge in [-0.25, -0.2) is 4.98 Å². The van der Waals surface area contributed by atoms with Gasteiger partial charge < -0.3 is 10.1 Å². The first-order valence-corrected chi connectivity index (χ1v) is 8.67. The lowest BCUT2D eigenvalue weighted by Crippen LogP contribution is -2.48. The predicted molar refractivity (Wildman–Crippen MR) is 92.6 cm³/mol. The number of ether oxygens (including phenoxy) is 1. The first kappa shape index (κ1) is 16.1. The van der Waals surface area contributed by atoms with Crippen molar-refractivity contribution in [2.75, 3.05) is 25.0 Å². The molecule has 1 amide bonds. The standard InChI is InChI=1S/C17H21N3O2S/c1-12-8-20(9-13(2)22-12)10-16(21)19-17-18-15(11-23-17)14-6-4-3-5-7-14/h3-7,11-13H,8-10H2,1-2H3,(H,18,19,21)/t12-,13-/m0/s1. The third-order valence-electron chi connectivity index (χ3n) is 3.68. The quantitative estimate of drug-likeness (QED) is 0.936. The molecule has 1 N–H and O–H groups in total. The molecule has 3 rings (SSSR count). The fraction of sp³-hybridized carbons (Fsp3) is 0.412. The maximum atomic E-state index is 12.2. The number of amides is 1. The number of morpholine rings is 1. The van der Waals surface area contributed by atoms with E-state index < -0.39 is 0 Å². The van der Waals surface area contributed by atoms with E-state index in [0.717, 1.165) is 24.3 Å². The van der Waals surface area contributed by atoms with Crippen LogP contribution in [0.5, 0.6) is 0 Å². The summed E-state index contributed by atoms with van der Waals surface area (Å²) in [6, 6.07) is 9.96. The van der Waals surface area contributed by atoms with Crippen LogP contribution in [0.1, 0.15) is 13.8 Å². The van der Waals surface area contributed by atoms with Gasteiger partial charge in [0.15, 0.2) is 5.13 Å². The number of carbonyl (C=O) groups is 1. The lowest BCUT2D eigenvalue weighted by atomic mass is 10.2. The van der Waals surface area contributed by atoms with E-state index in [2.05, 4.69) is 15.2 Å². The van der Waals surface area contributed by atoms with Crippen molar-refractivity contribution in [1.29, 1.82) is 0 Å². The molecule has 1 saturated heterocycles. The first-order chi connectivity index (χ1) is 11.1. The summed E-state index contributed by atoms with van der Waals surface area (Å²) in [6.07, 6.45) is 0.326. The summed E-state index contributed by atoms with van der Waals surface area (Å²) >= 11 is 1.45. The maximum Gasteiger partial charge on any atom is 0.240 e. The van der Waals surface area contributed by atoms with Gasteiger partial charge in [-0.1, -0.05) is 30.3 Å². The van der Waals surface area contributed by atoms with E-state index in [4.69, 9.17) is 4.74 Å². The van der Waals surface area contributed by atoms with Crippen molar-refractivity contribution in [3.63, 3.8) is 0 Å². The van der Waals surface area contributed by atoms with Crippen LogP contribution in [0.25, 0.3) is 11.3 Å². The molecule has 0 spiro atoms. The molecule has 0 radical (unpaired) electrons. The molecule has 6 heteroatoms. The van der Waals surface area contributed by atoms with Gasteiger partial charge in [-0.15, -0.1) is 11.3 Å². The minimum absolute atomic E-state index is 0.0275. The Morgan fingerprint density at radius 3 is 2.70 bits per heavy atom. The Hall–Kier alpha value is -1.76. The van der Waals surface area contributed by atoms with Crippen LogP contribution in [0.4, 0.5) is 5.13 Å². The van der Waals surface area contributed by atoms with Crippen molar-refractivity contribution < 1.29 is 9.53 Å². The van der Waals surface area contributed by atoms with Crippen LogP contribution in [0.15, 0.2) is 35.7 Å². The zero-order chi connectivity index (χ0) is 16.2. The Balaban J connectivity index is 1.57. The minimum Gasteiger partial charge on any atom is -0.373 e. The summed E-state index contributed by atoms with van der Waals surface area (Å²) < 4.78 is 5.68. The Labute approximate surface area is 140 Å². The van der Waals surface area contributed by atoms with Gasteiger partial charge in [0.25, 0.3) is 0 Å². The van der Waals surface area contributed by atoms with Gasteiger partial charge in [-0.2, -0.15) is 0 Å².